The van der Waals surface area contributed by atoms with Gasteiger partial charge in [-0.1, -0.05) is 23.2 Å². The number of benzene rings is 2. The summed E-state index contributed by atoms with van der Waals surface area (Å²) in [5.41, 5.74) is 14.4. The van der Waals surface area contributed by atoms with Crippen molar-refractivity contribution in [3.05, 3.63) is 40.4 Å². The minimum Gasteiger partial charge on any atom is -0.436 e. The lowest BCUT2D eigenvalue weighted by molar-refractivity contribution is 0.620. The number of aromatic nitrogens is 1. The minimum atomic E-state index is 0.383. The Bertz CT molecular complexity index is 783. The van der Waals surface area contributed by atoms with Gasteiger partial charge in [0.2, 0.25) is 5.89 Å². The van der Waals surface area contributed by atoms with Crippen LogP contribution in [0.1, 0.15) is 0 Å². The van der Waals surface area contributed by atoms with Gasteiger partial charge in [0.1, 0.15) is 5.52 Å². The molecule has 0 bridgehead atoms. The summed E-state index contributed by atoms with van der Waals surface area (Å²) in [6.45, 7) is 0. The van der Waals surface area contributed by atoms with E-state index in [2.05, 4.69) is 4.98 Å². The van der Waals surface area contributed by atoms with E-state index in [1.807, 2.05) is 0 Å². The van der Waals surface area contributed by atoms with E-state index in [-0.39, 0.29) is 0 Å². The number of rotatable bonds is 1. The van der Waals surface area contributed by atoms with Gasteiger partial charge in [0.25, 0.3) is 0 Å². The van der Waals surface area contributed by atoms with Crippen LogP contribution in [0.25, 0.3) is 22.6 Å². The van der Waals surface area contributed by atoms with E-state index in [1.165, 1.54) is 0 Å². The maximum Gasteiger partial charge on any atom is 0.228 e. The van der Waals surface area contributed by atoms with Gasteiger partial charge in [-0.3, -0.25) is 0 Å². The molecule has 0 amide bonds. The molecule has 3 aromatic rings. The fraction of sp³-hybridized carbons (Fsp3) is 0. The van der Waals surface area contributed by atoms with Gasteiger partial charge < -0.3 is 15.9 Å². The van der Waals surface area contributed by atoms with Gasteiger partial charge in [-0.25, -0.2) is 4.98 Å². The molecule has 0 saturated heterocycles. The topological polar surface area (TPSA) is 78.1 Å². The van der Waals surface area contributed by atoms with Crippen molar-refractivity contribution >= 4 is 45.7 Å². The summed E-state index contributed by atoms with van der Waals surface area (Å²) >= 11 is 12.0. The fourth-order valence-corrected chi connectivity index (χ4v) is 2.25. The van der Waals surface area contributed by atoms with Crippen molar-refractivity contribution in [2.45, 2.75) is 0 Å². The van der Waals surface area contributed by atoms with Crippen LogP contribution in [0.15, 0.2) is 34.7 Å². The Kier molecular flexibility index (Phi) is 2.77. The Morgan fingerprint density at radius 1 is 1.00 bits per heavy atom. The maximum atomic E-state index is 6.13. The zero-order chi connectivity index (χ0) is 13.6. The van der Waals surface area contributed by atoms with Gasteiger partial charge in [0.15, 0.2) is 5.58 Å². The molecule has 19 heavy (non-hydrogen) atoms. The predicted octanol–water partition coefficient (Wildman–Crippen LogP) is 3.97. The van der Waals surface area contributed by atoms with Crippen molar-refractivity contribution in [3.63, 3.8) is 0 Å². The Balaban J connectivity index is 2.21. The molecule has 0 saturated carbocycles. The number of anilines is 2. The minimum absolute atomic E-state index is 0.383. The Morgan fingerprint density at radius 2 is 1.79 bits per heavy atom. The largest absolute Gasteiger partial charge is 0.436 e. The molecule has 0 aliphatic carbocycles. The second-order valence-electron chi connectivity index (χ2n) is 4.10. The lowest BCUT2D eigenvalue weighted by Crippen LogP contribution is -1.88. The van der Waals surface area contributed by atoms with E-state index in [1.54, 1.807) is 30.3 Å². The first-order valence-electron chi connectivity index (χ1n) is 5.45. The Labute approximate surface area is 118 Å². The van der Waals surface area contributed by atoms with Gasteiger partial charge in [-0.15, -0.1) is 0 Å². The molecule has 2 aromatic carbocycles. The first-order valence-corrected chi connectivity index (χ1v) is 6.21. The van der Waals surface area contributed by atoms with E-state index in [0.717, 1.165) is 0 Å². The number of nitrogens with two attached hydrogens (primary N) is 2. The summed E-state index contributed by atoms with van der Waals surface area (Å²) in [7, 11) is 0. The highest BCUT2D eigenvalue weighted by atomic mass is 35.5. The van der Waals surface area contributed by atoms with E-state index in [4.69, 9.17) is 39.1 Å². The normalized spacial score (nSPS) is 11.1. The molecule has 0 spiro atoms. The third-order valence-electron chi connectivity index (χ3n) is 2.73. The quantitative estimate of drug-likeness (QED) is 0.666. The molecule has 0 fully saturated rings. The van der Waals surface area contributed by atoms with Crippen molar-refractivity contribution in [3.8, 4) is 11.5 Å². The van der Waals surface area contributed by atoms with Crippen LogP contribution < -0.4 is 11.5 Å². The predicted molar refractivity (Wildman–Crippen MR) is 78.3 cm³/mol. The van der Waals surface area contributed by atoms with Gasteiger partial charge in [-0.05, 0) is 24.3 Å². The molecule has 0 aliphatic heterocycles. The molecular weight excluding hydrogens is 285 g/mol. The van der Waals surface area contributed by atoms with Crippen molar-refractivity contribution in [1.82, 2.24) is 4.98 Å². The number of nitrogen functional groups attached to an aromatic ring is 2. The molecule has 6 heteroatoms. The SMILES string of the molecule is Nc1ccc2nc(-c3cc(N)c(Cl)cc3Cl)oc2c1. The highest BCUT2D eigenvalue weighted by Crippen LogP contribution is 2.35. The zero-order valence-electron chi connectivity index (χ0n) is 9.65. The van der Waals surface area contributed by atoms with Crippen LogP contribution in [-0.2, 0) is 0 Å². The lowest BCUT2D eigenvalue weighted by atomic mass is 10.2. The molecule has 3 rings (SSSR count). The highest BCUT2D eigenvalue weighted by molar-refractivity contribution is 6.37. The summed E-state index contributed by atoms with van der Waals surface area (Å²) < 4.78 is 5.64. The standard InChI is InChI=1S/C13H9Cl2N3O/c14-8-5-9(15)10(17)4-7(8)13-18-11-2-1-6(16)3-12(11)19-13/h1-5H,16-17H2. The summed E-state index contributed by atoms with van der Waals surface area (Å²) in [5.74, 6) is 0.383. The first kappa shape index (κ1) is 12.1. The summed E-state index contributed by atoms with van der Waals surface area (Å²) in [5, 5.41) is 0.827. The molecule has 0 unspecified atom stereocenters. The second kappa shape index (κ2) is 4.33. The molecule has 0 aliphatic rings. The van der Waals surface area contributed by atoms with E-state index < -0.39 is 0 Å². The third kappa shape index (κ3) is 2.09. The summed E-state index contributed by atoms with van der Waals surface area (Å²) in [4.78, 5) is 4.35. The molecule has 4 nitrogen and oxygen atoms in total. The van der Waals surface area contributed by atoms with Crippen LogP contribution in [-0.4, -0.2) is 4.98 Å². The van der Waals surface area contributed by atoms with Gasteiger partial charge in [0.05, 0.1) is 21.3 Å². The average molecular weight is 294 g/mol. The first-order chi connectivity index (χ1) is 9.04. The molecule has 1 heterocycles. The molecule has 1 aromatic heterocycles. The van der Waals surface area contributed by atoms with E-state index in [9.17, 15) is 0 Å². The number of hydrogen-bond acceptors (Lipinski definition) is 4. The smallest absolute Gasteiger partial charge is 0.228 e. The molecule has 96 valence electrons. The van der Waals surface area contributed by atoms with Crippen molar-refractivity contribution < 1.29 is 4.42 Å². The maximum absolute atomic E-state index is 6.13. The Morgan fingerprint density at radius 3 is 2.58 bits per heavy atom. The number of fused-ring (bicyclic) bond motifs is 1. The molecule has 4 N–H and O–H groups in total. The number of oxazole rings is 1. The van der Waals surface area contributed by atoms with Crippen LogP contribution in [0.2, 0.25) is 10.0 Å². The Hall–Kier alpha value is -1.91. The van der Waals surface area contributed by atoms with Crippen LogP contribution in [0, 0.1) is 0 Å². The lowest BCUT2D eigenvalue weighted by Gasteiger charge is -2.03. The zero-order valence-corrected chi connectivity index (χ0v) is 11.2. The molecular formula is C13H9Cl2N3O. The van der Waals surface area contributed by atoms with Crippen LogP contribution in [0.5, 0.6) is 0 Å². The second-order valence-corrected chi connectivity index (χ2v) is 4.91. The monoisotopic (exact) mass is 293 g/mol. The number of hydrogen-bond donors (Lipinski definition) is 2. The third-order valence-corrected chi connectivity index (χ3v) is 3.37. The average Bonchev–Trinajstić information content (AvgIpc) is 2.76. The van der Waals surface area contributed by atoms with Crippen LogP contribution in [0.3, 0.4) is 0 Å². The number of nitrogens with zero attached hydrogens (tertiary/aromatic N) is 1. The highest BCUT2D eigenvalue weighted by Gasteiger charge is 2.14. The summed E-state index contributed by atoms with van der Waals surface area (Å²) in [6.07, 6.45) is 0. The summed E-state index contributed by atoms with van der Waals surface area (Å²) in [6, 6.07) is 8.45. The van der Waals surface area contributed by atoms with Gasteiger partial charge >= 0.3 is 0 Å². The van der Waals surface area contributed by atoms with E-state index in [0.29, 0.717) is 44.0 Å². The van der Waals surface area contributed by atoms with Crippen LogP contribution in [0.4, 0.5) is 11.4 Å². The van der Waals surface area contributed by atoms with Crippen LogP contribution >= 0.6 is 23.2 Å². The van der Waals surface area contributed by atoms with Crippen molar-refractivity contribution in [1.29, 1.82) is 0 Å². The van der Waals surface area contributed by atoms with Gasteiger partial charge in [-0.2, -0.15) is 0 Å². The van der Waals surface area contributed by atoms with Crippen molar-refractivity contribution in [2.75, 3.05) is 11.5 Å². The van der Waals surface area contributed by atoms with Gasteiger partial charge in [0, 0.05) is 11.8 Å². The number of halogens is 2. The fourth-order valence-electron chi connectivity index (χ4n) is 1.79. The molecule has 0 atom stereocenters. The van der Waals surface area contributed by atoms with E-state index >= 15 is 0 Å². The van der Waals surface area contributed by atoms with Crippen molar-refractivity contribution in [2.24, 2.45) is 0 Å². The molecule has 0 radical (unpaired) electrons.